The van der Waals surface area contributed by atoms with Gasteiger partial charge in [-0.05, 0) is 25.3 Å². The smallest absolute Gasteiger partial charge is 0.0524 e. The summed E-state index contributed by atoms with van der Waals surface area (Å²) in [4.78, 5) is 0. The zero-order chi connectivity index (χ0) is 9.64. The van der Waals surface area contributed by atoms with Gasteiger partial charge in [-0.25, -0.2) is 0 Å². The molecule has 0 radical (unpaired) electrons. The minimum atomic E-state index is 0.225. The normalized spacial score (nSPS) is 17.8. The highest BCUT2D eigenvalue weighted by atomic mass is 15.3. The van der Waals surface area contributed by atoms with Gasteiger partial charge in [0.15, 0.2) is 0 Å². The average molecular weight is 178 g/mol. The van der Waals surface area contributed by atoms with Crippen LogP contribution in [0.1, 0.15) is 50.9 Å². The Morgan fingerprint density at radius 2 is 2.00 bits per heavy atom. The topological polar surface area (TPSA) is 17.8 Å². The first-order chi connectivity index (χ1) is 6.00. The Balaban J connectivity index is 2.46. The summed E-state index contributed by atoms with van der Waals surface area (Å²) in [5.41, 5.74) is 2.97. The molecule has 0 N–H and O–H groups in total. The van der Waals surface area contributed by atoms with Gasteiger partial charge in [0.2, 0.25) is 0 Å². The quantitative estimate of drug-likeness (QED) is 0.646. The molecule has 13 heavy (non-hydrogen) atoms. The van der Waals surface area contributed by atoms with Gasteiger partial charge in [-0.2, -0.15) is 5.10 Å². The van der Waals surface area contributed by atoms with Gasteiger partial charge < -0.3 is 0 Å². The van der Waals surface area contributed by atoms with Crippen molar-refractivity contribution in [3.05, 3.63) is 17.5 Å². The van der Waals surface area contributed by atoms with E-state index in [1.54, 1.807) is 0 Å². The van der Waals surface area contributed by atoms with Crippen LogP contribution in [0.3, 0.4) is 0 Å². The molecular formula is C11H18N2. The predicted octanol–water partition coefficient (Wildman–Crippen LogP) is 2.82. The van der Waals surface area contributed by atoms with Gasteiger partial charge in [0.25, 0.3) is 0 Å². The third-order valence-electron chi connectivity index (χ3n) is 2.58. The molecule has 1 aliphatic rings. The van der Waals surface area contributed by atoms with Crippen LogP contribution in [0, 0.1) is 6.92 Å². The second kappa shape index (κ2) is 2.60. The molecule has 0 aliphatic heterocycles. The first-order valence-corrected chi connectivity index (χ1v) is 5.05. The van der Waals surface area contributed by atoms with Gasteiger partial charge in [-0.1, -0.05) is 20.8 Å². The summed E-state index contributed by atoms with van der Waals surface area (Å²) in [7, 11) is 0. The molecule has 1 aromatic heterocycles. The molecular weight excluding hydrogens is 160 g/mol. The molecule has 1 aromatic rings. The van der Waals surface area contributed by atoms with Crippen molar-refractivity contribution in [1.82, 2.24) is 9.78 Å². The third kappa shape index (κ3) is 1.50. The fraction of sp³-hybridized carbons (Fsp3) is 0.727. The van der Waals surface area contributed by atoms with Crippen molar-refractivity contribution in [2.75, 3.05) is 0 Å². The SMILES string of the molecule is Cc1cnn(C2CC2)c1C(C)(C)C. The number of aryl methyl sites for hydroxylation is 1. The molecule has 2 rings (SSSR count). The Labute approximate surface area is 80.0 Å². The second-order valence-electron chi connectivity index (χ2n) is 5.10. The minimum Gasteiger partial charge on any atom is -0.266 e. The van der Waals surface area contributed by atoms with Crippen LogP contribution >= 0.6 is 0 Å². The van der Waals surface area contributed by atoms with Crippen molar-refractivity contribution in [2.24, 2.45) is 0 Å². The summed E-state index contributed by atoms with van der Waals surface area (Å²) in [6.45, 7) is 8.94. The zero-order valence-electron chi connectivity index (χ0n) is 8.96. The summed E-state index contributed by atoms with van der Waals surface area (Å²) in [5.74, 6) is 0. The number of rotatable bonds is 1. The molecule has 1 aliphatic carbocycles. The van der Waals surface area contributed by atoms with Crippen molar-refractivity contribution < 1.29 is 0 Å². The van der Waals surface area contributed by atoms with Crippen LogP contribution in [-0.4, -0.2) is 9.78 Å². The summed E-state index contributed by atoms with van der Waals surface area (Å²) < 4.78 is 2.23. The number of nitrogens with zero attached hydrogens (tertiary/aromatic N) is 2. The van der Waals surface area contributed by atoms with Crippen LogP contribution in [0.4, 0.5) is 0 Å². The van der Waals surface area contributed by atoms with E-state index >= 15 is 0 Å². The molecule has 72 valence electrons. The lowest BCUT2D eigenvalue weighted by molar-refractivity contribution is 0.489. The lowest BCUT2D eigenvalue weighted by atomic mass is 9.89. The largest absolute Gasteiger partial charge is 0.266 e. The Kier molecular flexibility index (Phi) is 1.76. The molecule has 0 aromatic carbocycles. The molecule has 0 spiro atoms. The van der Waals surface area contributed by atoms with E-state index in [1.807, 2.05) is 6.20 Å². The van der Waals surface area contributed by atoms with E-state index in [4.69, 9.17) is 0 Å². The van der Waals surface area contributed by atoms with Crippen LogP contribution in [0.15, 0.2) is 6.20 Å². The maximum atomic E-state index is 4.46. The summed E-state index contributed by atoms with van der Waals surface area (Å²) >= 11 is 0. The maximum absolute atomic E-state index is 4.46. The van der Waals surface area contributed by atoms with E-state index in [0.29, 0.717) is 6.04 Å². The van der Waals surface area contributed by atoms with Gasteiger partial charge in [-0.3, -0.25) is 4.68 Å². The highest BCUT2D eigenvalue weighted by molar-refractivity contribution is 5.24. The van der Waals surface area contributed by atoms with Crippen molar-refractivity contribution in [2.45, 2.75) is 52.0 Å². The maximum Gasteiger partial charge on any atom is 0.0524 e. The second-order valence-corrected chi connectivity index (χ2v) is 5.10. The highest BCUT2D eigenvalue weighted by Gasteiger charge is 2.31. The molecule has 0 unspecified atom stereocenters. The third-order valence-corrected chi connectivity index (χ3v) is 2.58. The Bertz CT molecular complexity index is 313. The first kappa shape index (κ1) is 8.79. The van der Waals surface area contributed by atoms with Crippen LogP contribution in [0.5, 0.6) is 0 Å². The Hall–Kier alpha value is -0.790. The average Bonchev–Trinajstić information content (AvgIpc) is 2.73. The van der Waals surface area contributed by atoms with E-state index in [9.17, 15) is 0 Å². The van der Waals surface area contributed by atoms with E-state index in [2.05, 4.69) is 37.5 Å². The van der Waals surface area contributed by atoms with Crippen molar-refractivity contribution in [1.29, 1.82) is 0 Å². The number of aromatic nitrogens is 2. The van der Waals surface area contributed by atoms with Crippen LogP contribution < -0.4 is 0 Å². The van der Waals surface area contributed by atoms with E-state index < -0.39 is 0 Å². The summed E-state index contributed by atoms with van der Waals surface area (Å²) in [5, 5.41) is 4.46. The van der Waals surface area contributed by atoms with Gasteiger partial charge in [0, 0.05) is 11.1 Å². The van der Waals surface area contributed by atoms with Crippen molar-refractivity contribution in [3.8, 4) is 0 Å². The Morgan fingerprint density at radius 1 is 1.38 bits per heavy atom. The van der Waals surface area contributed by atoms with Crippen molar-refractivity contribution in [3.63, 3.8) is 0 Å². The molecule has 0 bridgehead atoms. The first-order valence-electron chi connectivity index (χ1n) is 5.05. The van der Waals surface area contributed by atoms with Crippen molar-refractivity contribution >= 4 is 0 Å². The monoisotopic (exact) mass is 178 g/mol. The molecule has 1 saturated carbocycles. The summed E-state index contributed by atoms with van der Waals surface area (Å²) in [6, 6.07) is 0.697. The van der Waals surface area contributed by atoms with Gasteiger partial charge in [-0.15, -0.1) is 0 Å². The molecule has 1 heterocycles. The summed E-state index contributed by atoms with van der Waals surface area (Å²) in [6.07, 6.45) is 4.62. The fourth-order valence-electron chi connectivity index (χ4n) is 1.98. The van der Waals surface area contributed by atoms with Gasteiger partial charge in [0.1, 0.15) is 0 Å². The molecule has 1 fully saturated rings. The predicted molar refractivity (Wildman–Crippen MR) is 53.9 cm³/mol. The van der Waals surface area contributed by atoms with Crippen LogP contribution in [0.25, 0.3) is 0 Å². The minimum absolute atomic E-state index is 0.225. The lowest BCUT2D eigenvalue weighted by Gasteiger charge is -2.21. The van der Waals surface area contributed by atoms with Crippen LogP contribution in [-0.2, 0) is 5.41 Å². The lowest BCUT2D eigenvalue weighted by Crippen LogP contribution is -2.19. The molecule has 0 saturated heterocycles. The van der Waals surface area contributed by atoms with E-state index in [1.165, 1.54) is 24.1 Å². The molecule has 2 nitrogen and oxygen atoms in total. The van der Waals surface area contributed by atoms with E-state index in [-0.39, 0.29) is 5.41 Å². The highest BCUT2D eigenvalue weighted by Crippen LogP contribution is 2.38. The molecule has 0 atom stereocenters. The molecule has 2 heteroatoms. The van der Waals surface area contributed by atoms with Gasteiger partial charge >= 0.3 is 0 Å². The van der Waals surface area contributed by atoms with Gasteiger partial charge in [0.05, 0.1) is 12.2 Å². The number of hydrogen-bond acceptors (Lipinski definition) is 1. The van der Waals surface area contributed by atoms with E-state index in [0.717, 1.165) is 0 Å². The molecule has 0 amide bonds. The fourth-order valence-corrected chi connectivity index (χ4v) is 1.98. The van der Waals surface area contributed by atoms with Crippen LogP contribution in [0.2, 0.25) is 0 Å². The zero-order valence-corrected chi connectivity index (χ0v) is 8.96. The standard InChI is InChI=1S/C11H18N2/c1-8-7-12-13(9-5-6-9)10(8)11(2,3)4/h7,9H,5-6H2,1-4H3. The number of hydrogen-bond donors (Lipinski definition) is 0. The Morgan fingerprint density at radius 3 is 2.46 bits per heavy atom.